The lowest BCUT2D eigenvalue weighted by atomic mass is 9.58. The molecule has 0 amide bonds. The van der Waals surface area contributed by atoms with Gasteiger partial charge in [-0.1, -0.05) is 20.8 Å². The molecule has 0 aliphatic heterocycles. The zero-order valence-electron chi connectivity index (χ0n) is 12.7. The van der Waals surface area contributed by atoms with E-state index in [9.17, 15) is 0 Å². The van der Waals surface area contributed by atoms with Crippen molar-refractivity contribution in [3.8, 4) is 5.75 Å². The summed E-state index contributed by atoms with van der Waals surface area (Å²) in [6.45, 7) is 7.86. The van der Waals surface area contributed by atoms with E-state index in [2.05, 4.69) is 47.0 Å². The maximum Gasteiger partial charge on any atom is 0.139 e. The molecular weight excluding hydrogens is 316 g/mol. The van der Waals surface area contributed by atoms with Crippen LogP contribution in [-0.2, 0) is 0 Å². The average molecular weight is 341 g/mol. The smallest absolute Gasteiger partial charge is 0.139 e. The van der Waals surface area contributed by atoms with E-state index < -0.39 is 0 Å². The highest BCUT2D eigenvalue weighted by atomic mass is 79.9. The zero-order chi connectivity index (χ0) is 14.6. The largest absolute Gasteiger partial charge is 0.488 e. The van der Waals surface area contributed by atoms with E-state index in [0.29, 0.717) is 12.1 Å². The molecule has 1 saturated carbocycles. The Bertz CT molecular complexity index is 434. The van der Waals surface area contributed by atoms with Crippen LogP contribution in [0.25, 0.3) is 0 Å². The zero-order valence-corrected chi connectivity index (χ0v) is 14.2. The molecule has 2 unspecified atom stereocenters. The number of aromatic nitrogens is 1. The third-order valence-electron chi connectivity index (χ3n) is 4.70. The number of rotatable bonds is 7. The summed E-state index contributed by atoms with van der Waals surface area (Å²) in [5, 5.41) is 3.68. The Balaban J connectivity index is 2.05. The van der Waals surface area contributed by atoms with E-state index >= 15 is 0 Å². The Labute approximate surface area is 130 Å². The van der Waals surface area contributed by atoms with Crippen LogP contribution in [0, 0.1) is 5.41 Å². The van der Waals surface area contributed by atoms with Crippen molar-refractivity contribution in [1.29, 1.82) is 0 Å². The predicted octanol–water partition coefficient (Wildman–Crippen LogP) is 4.17. The third kappa shape index (κ3) is 3.01. The second-order valence-electron chi connectivity index (χ2n) is 5.63. The molecule has 3 nitrogen and oxygen atoms in total. The Kier molecular flexibility index (Phi) is 5.44. The second kappa shape index (κ2) is 6.90. The normalized spacial score (nSPS) is 24.2. The molecule has 1 aromatic heterocycles. The molecule has 20 heavy (non-hydrogen) atoms. The van der Waals surface area contributed by atoms with E-state index in [-0.39, 0.29) is 5.41 Å². The lowest BCUT2D eigenvalue weighted by molar-refractivity contribution is -0.0859. The number of hydrogen-bond acceptors (Lipinski definition) is 3. The number of nitrogens with one attached hydrogen (secondary N) is 1. The molecule has 0 spiro atoms. The molecule has 1 aliphatic carbocycles. The van der Waals surface area contributed by atoms with Gasteiger partial charge in [-0.25, -0.2) is 0 Å². The van der Waals surface area contributed by atoms with Crippen LogP contribution in [0.4, 0.5) is 0 Å². The molecule has 0 aromatic carbocycles. The van der Waals surface area contributed by atoms with Gasteiger partial charge in [-0.2, -0.15) is 0 Å². The van der Waals surface area contributed by atoms with E-state index in [0.717, 1.165) is 36.0 Å². The summed E-state index contributed by atoms with van der Waals surface area (Å²) in [7, 11) is 0. The summed E-state index contributed by atoms with van der Waals surface area (Å²) in [4.78, 5) is 4.18. The molecular formula is C16H25BrN2O. The first-order chi connectivity index (χ1) is 9.66. The van der Waals surface area contributed by atoms with Crippen molar-refractivity contribution in [2.75, 3.05) is 6.54 Å². The Morgan fingerprint density at radius 1 is 1.35 bits per heavy atom. The average Bonchev–Trinajstić information content (AvgIpc) is 2.43. The van der Waals surface area contributed by atoms with Crippen molar-refractivity contribution in [1.82, 2.24) is 10.3 Å². The first-order valence-electron chi connectivity index (χ1n) is 7.66. The minimum Gasteiger partial charge on any atom is -0.488 e. The lowest BCUT2D eigenvalue weighted by Crippen LogP contribution is -2.64. The van der Waals surface area contributed by atoms with Gasteiger partial charge in [0, 0.05) is 28.5 Å². The van der Waals surface area contributed by atoms with Gasteiger partial charge in [0.15, 0.2) is 0 Å². The summed E-state index contributed by atoms with van der Waals surface area (Å²) in [5.74, 6) is 0.865. The number of ether oxygens (including phenoxy) is 1. The van der Waals surface area contributed by atoms with E-state index in [1.807, 2.05) is 6.07 Å². The minimum absolute atomic E-state index is 0.261. The quantitative estimate of drug-likeness (QED) is 0.808. The molecule has 2 rings (SSSR count). The van der Waals surface area contributed by atoms with Crippen molar-refractivity contribution >= 4 is 15.9 Å². The molecule has 1 heterocycles. The van der Waals surface area contributed by atoms with Gasteiger partial charge in [0.1, 0.15) is 11.9 Å². The van der Waals surface area contributed by atoms with Crippen molar-refractivity contribution in [2.24, 2.45) is 5.41 Å². The molecule has 1 aromatic rings. The van der Waals surface area contributed by atoms with Crippen LogP contribution in [0.15, 0.2) is 22.9 Å². The number of nitrogens with zero attached hydrogens (tertiary/aromatic N) is 1. The van der Waals surface area contributed by atoms with Gasteiger partial charge >= 0.3 is 0 Å². The predicted molar refractivity (Wildman–Crippen MR) is 86.1 cm³/mol. The van der Waals surface area contributed by atoms with Gasteiger partial charge in [0.2, 0.25) is 0 Å². The van der Waals surface area contributed by atoms with E-state index in [1.54, 1.807) is 12.4 Å². The Morgan fingerprint density at radius 2 is 2.10 bits per heavy atom. The van der Waals surface area contributed by atoms with Crippen LogP contribution in [0.3, 0.4) is 0 Å². The van der Waals surface area contributed by atoms with Crippen molar-refractivity contribution in [2.45, 2.75) is 58.6 Å². The molecule has 4 heteroatoms. The summed E-state index contributed by atoms with van der Waals surface area (Å²) in [6.07, 6.45) is 8.45. The summed E-state index contributed by atoms with van der Waals surface area (Å²) in [6, 6.07) is 2.58. The van der Waals surface area contributed by atoms with Gasteiger partial charge in [0.25, 0.3) is 0 Å². The number of halogens is 1. The molecule has 0 saturated heterocycles. The molecule has 0 bridgehead atoms. The van der Waals surface area contributed by atoms with Crippen LogP contribution in [-0.4, -0.2) is 23.7 Å². The van der Waals surface area contributed by atoms with Crippen molar-refractivity contribution in [3.05, 3.63) is 22.9 Å². The highest BCUT2D eigenvalue weighted by Gasteiger charge is 2.53. The van der Waals surface area contributed by atoms with Crippen LogP contribution in [0.5, 0.6) is 5.75 Å². The van der Waals surface area contributed by atoms with Gasteiger partial charge in [0.05, 0.1) is 6.20 Å². The Morgan fingerprint density at radius 3 is 2.70 bits per heavy atom. The molecule has 1 aliphatic rings. The SMILES string of the molecule is CCCNC1CC(Oc2cncc(Br)c2)C1(CC)CC. The second-order valence-corrected chi connectivity index (χ2v) is 6.54. The molecule has 0 radical (unpaired) electrons. The Hall–Kier alpha value is -0.610. The number of pyridine rings is 1. The van der Waals surface area contributed by atoms with Crippen molar-refractivity contribution < 1.29 is 4.74 Å². The summed E-state index contributed by atoms with van der Waals surface area (Å²) in [5.41, 5.74) is 0.261. The first-order valence-corrected chi connectivity index (χ1v) is 8.46. The summed E-state index contributed by atoms with van der Waals surface area (Å²) >= 11 is 3.45. The summed E-state index contributed by atoms with van der Waals surface area (Å²) < 4.78 is 7.17. The lowest BCUT2D eigenvalue weighted by Gasteiger charge is -2.55. The highest BCUT2D eigenvalue weighted by molar-refractivity contribution is 9.10. The minimum atomic E-state index is 0.261. The van der Waals surface area contributed by atoms with Gasteiger partial charge in [-0.05, 0) is 47.8 Å². The maximum absolute atomic E-state index is 6.21. The van der Waals surface area contributed by atoms with Crippen molar-refractivity contribution in [3.63, 3.8) is 0 Å². The van der Waals surface area contributed by atoms with Crippen LogP contribution < -0.4 is 10.1 Å². The van der Waals surface area contributed by atoms with E-state index in [4.69, 9.17) is 4.74 Å². The van der Waals surface area contributed by atoms with E-state index in [1.165, 1.54) is 6.42 Å². The number of hydrogen-bond donors (Lipinski definition) is 1. The molecule has 2 atom stereocenters. The fraction of sp³-hybridized carbons (Fsp3) is 0.688. The third-order valence-corrected chi connectivity index (χ3v) is 5.13. The first kappa shape index (κ1) is 15.8. The fourth-order valence-electron chi connectivity index (χ4n) is 3.34. The van der Waals surface area contributed by atoms with Crippen LogP contribution in [0.1, 0.15) is 46.5 Å². The maximum atomic E-state index is 6.21. The molecule has 1 N–H and O–H groups in total. The van der Waals surface area contributed by atoms with Crippen LogP contribution >= 0.6 is 15.9 Å². The highest BCUT2D eigenvalue weighted by Crippen LogP contribution is 2.49. The molecule has 1 fully saturated rings. The van der Waals surface area contributed by atoms with Crippen LogP contribution in [0.2, 0.25) is 0 Å². The fourth-order valence-corrected chi connectivity index (χ4v) is 3.68. The molecule has 112 valence electrons. The van der Waals surface area contributed by atoms with Gasteiger partial charge in [-0.3, -0.25) is 4.98 Å². The van der Waals surface area contributed by atoms with Gasteiger partial charge < -0.3 is 10.1 Å². The standard InChI is InChI=1S/C16H25BrN2O/c1-4-7-19-14-9-15(16(14,5-2)6-3)20-13-8-12(17)10-18-11-13/h8,10-11,14-15,19H,4-7,9H2,1-3H3. The van der Waals surface area contributed by atoms with Gasteiger partial charge in [-0.15, -0.1) is 0 Å². The monoisotopic (exact) mass is 340 g/mol. The topological polar surface area (TPSA) is 34.1 Å².